The Morgan fingerprint density at radius 2 is 1.76 bits per heavy atom. The number of amides is 2. The van der Waals surface area contributed by atoms with E-state index >= 15 is 0 Å². The number of carbonyl (C=O) groups is 2. The third kappa shape index (κ3) is 3.26. The van der Waals surface area contributed by atoms with Gasteiger partial charge in [-0.05, 0) is 44.2 Å². The van der Waals surface area contributed by atoms with Crippen molar-refractivity contribution in [2.24, 2.45) is 5.92 Å². The van der Waals surface area contributed by atoms with E-state index in [1.807, 2.05) is 36.1 Å². The lowest BCUT2D eigenvalue weighted by molar-refractivity contribution is -0.133. The maximum atomic E-state index is 12.3. The molecule has 1 aliphatic carbocycles. The molecule has 1 aliphatic heterocycles. The van der Waals surface area contributed by atoms with Crippen LogP contribution >= 0.6 is 0 Å². The van der Waals surface area contributed by atoms with Gasteiger partial charge in [0.15, 0.2) is 0 Å². The molecule has 1 N–H and O–H groups in total. The van der Waals surface area contributed by atoms with Gasteiger partial charge in [0.2, 0.25) is 5.91 Å². The van der Waals surface area contributed by atoms with Crippen LogP contribution in [0, 0.1) is 12.8 Å². The van der Waals surface area contributed by atoms with Crippen LogP contribution in [-0.4, -0.2) is 35.8 Å². The van der Waals surface area contributed by atoms with E-state index in [1.54, 1.807) is 0 Å². The van der Waals surface area contributed by atoms with Crippen LogP contribution in [0.4, 0.5) is 0 Å². The molecule has 0 aromatic heterocycles. The molecule has 2 amide bonds. The first-order valence-corrected chi connectivity index (χ1v) is 7.80. The molecular formula is C17H22N2O2. The van der Waals surface area contributed by atoms with Crippen LogP contribution in [0.1, 0.15) is 41.6 Å². The molecule has 1 saturated heterocycles. The summed E-state index contributed by atoms with van der Waals surface area (Å²) >= 11 is 0. The predicted octanol–water partition coefficient (Wildman–Crippen LogP) is 2.13. The van der Waals surface area contributed by atoms with Crippen LogP contribution in [0.3, 0.4) is 0 Å². The number of rotatable bonds is 3. The SMILES string of the molecule is Cc1ccccc1C(=O)NC1CCN(C(=O)C2CC2)CC1. The second kappa shape index (κ2) is 5.88. The second-order valence-electron chi connectivity index (χ2n) is 6.16. The van der Waals surface area contributed by atoms with Crippen LogP contribution in [0.5, 0.6) is 0 Å². The number of hydrogen-bond acceptors (Lipinski definition) is 2. The highest BCUT2D eigenvalue weighted by Gasteiger charge is 2.35. The van der Waals surface area contributed by atoms with E-state index in [-0.39, 0.29) is 11.9 Å². The van der Waals surface area contributed by atoms with E-state index in [9.17, 15) is 9.59 Å². The van der Waals surface area contributed by atoms with Gasteiger partial charge in [0, 0.05) is 30.6 Å². The zero-order valence-electron chi connectivity index (χ0n) is 12.5. The third-order valence-corrected chi connectivity index (χ3v) is 4.46. The van der Waals surface area contributed by atoms with Crippen molar-refractivity contribution in [2.45, 2.75) is 38.6 Å². The molecule has 1 aromatic rings. The van der Waals surface area contributed by atoms with Crippen LogP contribution < -0.4 is 5.32 Å². The highest BCUT2D eigenvalue weighted by Crippen LogP contribution is 2.31. The van der Waals surface area contributed by atoms with Gasteiger partial charge in [0.05, 0.1) is 0 Å². The van der Waals surface area contributed by atoms with Gasteiger partial charge in [-0.15, -0.1) is 0 Å². The molecule has 2 fully saturated rings. The number of nitrogens with one attached hydrogen (secondary N) is 1. The zero-order valence-corrected chi connectivity index (χ0v) is 12.5. The Hall–Kier alpha value is -1.84. The van der Waals surface area contributed by atoms with Crippen molar-refractivity contribution in [1.29, 1.82) is 0 Å². The highest BCUT2D eigenvalue weighted by atomic mass is 16.2. The molecule has 0 bridgehead atoms. The normalized spacial score (nSPS) is 19.4. The fourth-order valence-corrected chi connectivity index (χ4v) is 2.92. The van der Waals surface area contributed by atoms with E-state index in [0.29, 0.717) is 11.8 Å². The monoisotopic (exact) mass is 286 g/mol. The Balaban J connectivity index is 1.52. The van der Waals surface area contributed by atoms with Gasteiger partial charge in [0.1, 0.15) is 0 Å². The average Bonchev–Trinajstić information content (AvgIpc) is 3.32. The second-order valence-corrected chi connectivity index (χ2v) is 6.16. The molecule has 112 valence electrons. The van der Waals surface area contributed by atoms with Crippen molar-refractivity contribution in [2.75, 3.05) is 13.1 Å². The summed E-state index contributed by atoms with van der Waals surface area (Å²) in [5, 5.41) is 3.10. The fraction of sp³-hybridized carbons (Fsp3) is 0.529. The lowest BCUT2D eigenvalue weighted by atomic mass is 10.0. The first kappa shape index (κ1) is 14.1. The van der Waals surface area contributed by atoms with Crippen LogP contribution in [0.25, 0.3) is 0 Å². The van der Waals surface area contributed by atoms with E-state index in [0.717, 1.165) is 49.9 Å². The molecular weight excluding hydrogens is 264 g/mol. The number of aryl methyl sites for hydroxylation is 1. The van der Waals surface area contributed by atoms with Crippen LogP contribution in [0.15, 0.2) is 24.3 Å². The standard InChI is InChI=1S/C17H22N2O2/c1-12-4-2-3-5-15(12)16(20)18-14-8-10-19(11-9-14)17(21)13-6-7-13/h2-5,13-14H,6-11H2,1H3,(H,18,20). The zero-order chi connectivity index (χ0) is 14.8. The number of likely N-dealkylation sites (tertiary alicyclic amines) is 1. The molecule has 4 nitrogen and oxygen atoms in total. The van der Waals surface area contributed by atoms with Crippen LogP contribution in [-0.2, 0) is 4.79 Å². The molecule has 21 heavy (non-hydrogen) atoms. The van der Waals surface area contributed by atoms with E-state index < -0.39 is 0 Å². The summed E-state index contributed by atoms with van der Waals surface area (Å²) in [6, 6.07) is 7.81. The van der Waals surface area contributed by atoms with E-state index in [4.69, 9.17) is 0 Å². The predicted molar refractivity (Wildman–Crippen MR) is 81.0 cm³/mol. The summed E-state index contributed by atoms with van der Waals surface area (Å²) in [7, 11) is 0. The minimum absolute atomic E-state index is 0.0000643. The highest BCUT2D eigenvalue weighted by molar-refractivity contribution is 5.95. The fourth-order valence-electron chi connectivity index (χ4n) is 2.92. The van der Waals surface area contributed by atoms with Gasteiger partial charge in [-0.2, -0.15) is 0 Å². The third-order valence-electron chi connectivity index (χ3n) is 4.46. The largest absolute Gasteiger partial charge is 0.349 e. The first-order valence-electron chi connectivity index (χ1n) is 7.80. The Morgan fingerprint density at radius 3 is 2.38 bits per heavy atom. The molecule has 0 unspecified atom stereocenters. The summed E-state index contributed by atoms with van der Waals surface area (Å²) in [6.45, 7) is 3.49. The first-order chi connectivity index (χ1) is 10.1. The molecule has 0 radical (unpaired) electrons. The minimum Gasteiger partial charge on any atom is -0.349 e. The number of piperidine rings is 1. The summed E-state index contributed by atoms with van der Waals surface area (Å²) in [5.41, 5.74) is 1.74. The van der Waals surface area contributed by atoms with Gasteiger partial charge in [0.25, 0.3) is 5.91 Å². The molecule has 4 heteroatoms. The Labute approximate surface area is 125 Å². The minimum atomic E-state index is 0.0000643. The Kier molecular flexibility index (Phi) is 3.95. The molecule has 0 atom stereocenters. The molecule has 1 heterocycles. The summed E-state index contributed by atoms with van der Waals surface area (Å²) < 4.78 is 0. The van der Waals surface area contributed by atoms with Crippen molar-refractivity contribution in [3.63, 3.8) is 0 Å². The number of nitrogens with zero attached hydrogens (tertiary/aromatic N) is 1. The maximum Gasteiger partial charge on any atom is 0.251 e. The smallest absolute Gasteiger partial charge is 0.251 e. The lowest BCUT2D eigenvalue weighted by Crippen LogP contribution is -2.47. The Bertz CT molecular complexity index is 543. The number of carbonyl (C=O) groups excluding carboxylic acids is 2. The van der Waals surface area contributed by atoms with E-state index in [1.165, 1.54) is 0 Å². The van der Waals surface area contributed by atoms with Gasteiger partial charge >= 0.3 is 0 Å². The maximum absolute atomic E-state index is 12.3. The summed E-state index contributed by atoms with van der Waals surface area (Å²) in [4.78, 5) is 26.2. The lowest BCUT2D eigenvalue weighted by Gasteiger charge is -2.32. The van der Waals surface area contributed by atoms with Crippen molar-refractivity contribution in [3.8, 4) is 0 Å². The molecule has 0 spiro atoms. The van der Waals surface area contributed by atoms with Crippen LogP contribution in [0.2, 0.25) is 0 Å². The number of benzene rings is 1. The molecule has 3 rings (SSSR count). The quantitative estimate of drug-likeness (QED) is 0.925. The summed E-state index contributed by atoms with van der Waals surface area (Å²) in [6.07, 6.45) is 3.83. The molecule has 1 aromatic carbocycles. The van der Waals surface area contributed by atoms with Gasteiger partial charge in [-0.25, -0.2) is 0 Å². The molecule has 1 saturated carbocycles. The van der Waals surface area contributed by atoms with Crippen molar-refractivity contribution < 1.29 is 9.59 Å². The molecule has 2 aliphatic rings. The van der Waals surface area contributed by atoms with Gasteiger partial charge in [-0.1, -0.05) is 18.2 Å². The topological polar surface area (TPSA) is 49.4 Å². The van der Waals surface area contributed by atoms with Crippen molar-refractivity contribution in [1.82, 2.24) is 10.2 Å². The Morgan fingerprint density at radius 1 is 1.10 bits per heavy atom. The van der Waals surface area contributed by atoms with Gasteiger partial charge in [-0.3, -0.25) is 9.59 Å². The summed E-state index contributed by atoms with van der Waals surface area (Å²) in [5.74, 6) is 0.613. The van der Waals surface area contributed by atoms with Crippen molar-refractivity contribution >= 4 is 11.8 Å². The van der Waals surface area contributed by atoms with Gasteiger partial charge < -0.3 is 10.2 Å². The van der Waals surface area contributed by atoms with Crippen molar-refractivity contribution in [3.05, 3.63) is 35.4 Å². The average molecular weight is 286 g/mol. The number of hydrogen-bond donors (Lipinski definition) is 1. The van der Waals surface area contributed by atoms with E-state index in [2.05, 4.69) is 5.32 Å².